The minimum absolute atomic E-state index is 0.0328. The van der Waals surface area contributed by atoms with Crippen molar-refractivity contribution in [3.8, 4) is 5.75 Å². The van der Waals surface area contributed by atoms with Crippen LogP contribution in [0.3, 0.4) is 0 Å². The second kappa shape index (κ2) is 8.22. The van der Waals surface area contributed by atoms with Crippen LogP contribution in [-0.4, -0.2) is 27.9 Å². The van der Waals surface area contributed by atoms with Gasteiger partial charge in [-0.3, -0.25) is 14.5 Å². The molecule has 0 spiro atoms. The number of nitrogens with zero attached hydrogens (tertiary/aromatic N) is 2. The molecule has 1 amide bonds. The predicted octanol–water partition coefficient (Wildman–Crippen LogP) is 5.90. The summed E-state index contributed by atoms with van der Waals surface area (Å²) in [6.45, 7) is 1.98. The molecule has 35 heavy (non-hydrogen) atoms. The molecule has 0 saturated carbocycles. The lowest BCUT2D eigenvalue weighted by atomic mass is 9.94. The highest BCUT2D eigenvalue weighted by molar-refractivity contribution is 7.22. The third-order valence-corrected chi connectivity index (χ3v) is 7.53. The minimum Gasteiger partial charge on any atom is -0.507 e. The molecule has 0 aliphatic carbocycles. The molecule has 6 rings (SSSR count). The average molecular weight is 503 g/mol. The second-order valence-corrected chi connectivity index (χ2v) is 10.1. The van der Waals surface area contributed by atoms with Crippen LogP contribution in [0.25, 0.3) is 16.0 Å². The fourth-order valence-corrected chi connectivity index (χ4v) is 5.96. The van der Waals surface area contributed by atoms with Gasteiger partial charge in [-0.25, -0.2) is 4.98 Å². The summed E-state index contributed by atoms with van der Waals surface area (Å²) >= 11 is 7.42. The molecule has 2 atom stereocenters. The number of Topliss-reactive ketones (excluding diaryl/α,β-unsaturated/α-hetero) is 1. The zero-order valence-corrected chi connectivity index (χ0v) is 20.1. The molecule has 1 N–H and O–H groups in total. The zero-order valence-electron chi connectivity index (χ0n) is 18.6. The summed E-state index contributed by atoms with van der Waals surface area (Å²) in [5.74, 6) is -0.934. The Morgan fingerprint density at radius 3 is 2.71 bits per heavy atom. The molecule has 0 unspecified atom stereocenters. The number of rotatable bonds is 3. The summed E-state index contributed by atoms with van der Waals surface area (Å²) in [7, 11) is 0. The third kappa shape index (κ3) is 3.59. The van der Waals surface area contributed by atoms with Gasteiger partial charge in [0.1, 0.15) is 17.6 Å². The van der Waals surface area contributed by atoms with Crippen LogP contribution in [0.1, 0.15) is 29.7 Å². The van der Waals surface area contributed by atoms with Crippen LogP contribution < -0.4 is 9.64 Å². The third-order valence-electron chi connectivity index (χ3n) is 6.27. The smallest absolute Gasteiger partial charge is 0.301 e. The van der Waals surface area contributed by atoms with E-state index in [1.54, 1.807) is 30.3 Å². The van der Waals surface area contributed by atoms with E-state index in [9.17, 15) is 14.7 Å². The van der Waals surface area contributed by atoms with E-state index in [2.05, 4.69) is 4.98 Å². The van der Waals surface area contributed by atoms with Crippen molar-refractivity contribution < 1.29 is 19.4 Å². The summed E-state index contributed by atoms with van der Waals surface area (Å²) in [6.07, 6.45) is 0.756. The normalized spacial score (nSPS) is 20.9. The van der Waals surface area contributed by atoms with E-state index < -0.39 is 17.7 Å². The molecular weight excluding hydrogens is 484 g/mol. The van der Waals surface area contributed by atoms with Gasteiger partial charge in [-0.05, 0) is 54.4 Å². The number of benzene rings is 3. The Morgan fingerprint density at radius 1 is 1.11 bits per heavy atom. The van der Waals surface area contributed by atoms with Crippen LogP contribution in [0.2, 0.25) is 5.02 Å². The van der Waals surface area contributed by atoms with Gasteiger partial charge in [-0.2, -0.15) is 0 Å². The number of hydrogen-bond acceptors (Lipinski definition) is 6. The number of thiazole rings is 1. The first-order valence-electron chi connectivity index (χ1n) is 11.1. The lowest BCUT2D eigenvalue weighted by Gasteiger charge is -2.23. The Labute approximate surface area is 210 Å². The molecule has 0 bridgehead atoms. The number of carbonyl (C=O) groups is 2. The van der Waals surface area contributed by atoms with E-state index in [1.165, 1.54) is 16.2 Å². The number of ether oxygens (including phenoxy) is 1. The average Bonchev–Trinajstić information content (AvgIpc) is 3.51. The molecule has 3 heterocycles. The Bertz CT molecular complexity index is 1550. The van der Waals surface area contributed by atoms with Gasteiger partial charge in [-0.1, -0.05) is 53.3 Å². The lowest BCUT2D eigenvalue weighted by Crippen LogP contribution is -2.29. The Hall–Kier alpha value is -3.68. The molecule has 0 radical (unpaired) electrons. The van der Waals surface area contributed by atoms with Crippen LogP contribution in [0.15, 0.2) is 72.3 Å². The molecule has 3 aromatic carbocycles. The molecule has 2 aliphatic rings. The van der Waals surface area contributed by atoms with Gasteiger partial charge in [0.15, 0.2) is 5.13 Å². The van der Waals surface area contributed by atoms with E-state index in [-0.39, 0.29) is 17.4 Å². The van der Waals surface area contributed by atoms with E-state index in [0.29, 0.717) is 33.2 Å². The van der Waals surface area contributed by atoms with Crippen molar-refractivity contribution in [2.75, 3.05) is 4.90 Å². The molecule has 1 aromatic heterocycles. The first-order chi connectivity index (χ1) is 16.9. The summed E-state index contributed by atoms with van der Waals surface area (Å²) in [4.78, 5) is 32.7. The van der Waals surface area contributed by atoms with Crippen LogP contribution in [0.4, 0.5) is 5.13 Å². The van der Waals surface area contributed by atoms with Gasteiger partial charge in [0, 0.05) is 17.0 Å². The number of carbonyl (C=O) groups excluding carboxylic acids is 2. The second-order valence-electron chi connectivity index (χ2n) is 8.64. The Morgan fingerprint density at radius 2 is 1.91 bits per heavy atom. The summed E-state index contributed by atoms with van der Waals surface area (Å²) in [5, 5.41) is 12.3. The minimum atomic E-state index is -0.823. The number of hydrogen-bond donors (Lipinski definition) is 1. The van der Waals surface area contributed by atoms with Crippen LogP contribution >= 0.6 is 22.9 Å². The number of aliphatic hydroxyl groups is 1. The molecule has 4 aromatic rings. The monoisotopic (exact) mass is 502 g/mol. The van der Waals surface area contributed by atoms with Gasteiger partial charge < -0.3 is 9.84 Å². The summed E-state index contributed by atoms with van der Waals surface area (Å²) in [6, 6.07) is 19.0. The van der Waals surface area contributed by atoms with Crippen LogP contribution in [0, 0.1) is 0 Å². The molecule has 2 aliphatic heterocycles. The molecule has 1 fully saturated rings. The summed E-state index contributed by atoms with van der Waals surface area (Å²) in [5.41, 5.74) is 2.83. The van der Waals surface area contributed by atoms with Crippen molar-refractivity contribution in [1.29, 1.82) is 0 Å². The van der Waals surface area contributed by atoms with Gasteiger partial charge >= 0.3 is 5.91 Å². The van der Waals surface area contributed by atoms with Crippen molar-refractivity contribution >= 4 is 55.7 Å². The number of aromatic nitrogens is 1. The first kappa shape index (κ1) is 21.8. The highest BCUT2D eigenvalue weighted by Gasteiger charge is 2.48. The van der Waals surface area contributed by atoms with Crippen LogP contribution in [-0.2, 0) is 16.0 Å². The van der Waals surface area contributed by atoms with Crippen molar-refractivity contribution in [1.82, 2.24) is 4.98 Å². The molecule has 174 valence electrons. The number of amides is 1. The maximum atomic E-state index is 13.4. The first-order valence-corrected chi connectivity index (χ1v) is 12.3. The Balaban J connectivity index is 1.53. The van der Waals surface area contributed by atoms with Gasteiger partial charge in [0.2, 0.25) is 0 Å². The van der Waals surface area contributed by atoms with Crippen molar-refractivity contribution in [3.05, 3.63) is 94.0 Å². The summed E-state index contributed by atoms with van der Waals surface area (Å²) < 4.78 is 6.56. The topological polar surface area (TPSA) is 79.7 Å². The van der Waals surface area contributed by atoms with Gasteiger partial charge in [-0.15, -0.1) is 0 Å². The molecule has 6 nitrogen and oxygen atoms in total. The maximum absolute atomic E-state index is 13.4. The van der Waals surface area contributed by atoms with E-state index in [4.69, 9.17) is 16.3 Å². The number of ketones is 1. The van der Waals surface area contributed by atoms with Gasteiger partial charge in [0.05, 0.1) is 21.8 Å². The SMILES string of the molecule is C[C@H]1Cc2cc(/C(O)=C3\C(=O)C(=O)N(c4nc5ccc(Cl)cc5s4)[C@@H]3c3ccccc3)ccc2O1. The van der Waals surface area contributed by atoms with Crippen molar-refractivity contribution in [3.63, 3.8) is 0 Å². The zero-order chi connectivity index (χ0) is 24.3. The number of fused-ring (bicyclic) bond motifs is 2. The maximum Gasteiger partial charge on any atom is 0.301 e. The molecular formula is C27H19ClN2O4S. The fourth-order valence-electron chi connectivity index (χ4n) is 4.69. The van der Waals surface area contributed by atoms with Crippen molar-refractivity contribution in [2.24, 2.45) is 0 Å². The standard InChI is InChI=1S/C27H19ClN2O4S/c1-14-11-17-12-16(7-10-20(17)34-14)24(31)22-23(15-5-3-2-4-6-15)30(26(33)25(22)32)27-29-19-9-8-18(28)13-21(19)35-27/h2-10,12-14,23,31H,11H2,1H3/b24-22+/t14-,23+/m0/s1. The number of halogens is 1. The predicted molar refractivity (Wildman–Crippen MR) is 136 cm³/mol. The molecule has 1 saturated heterocycles. The van der Waals surface area contributed by atoms with E-state index >= 15 is 0 Å². The van der Waals surface area contributed by atoms with Crippen molar-refractivity contribution in [2.45, 2.75) is 25.5 Å². The largest absolute Gasteiger partial charge is 0.507 e. The van der Waals surface area contributed by atoms with E-state index in [1.807, 2.05) is 43.3 Å². The van der Waals surface area contributed by atoms with Gasteiger partial charge in [0.25, 0.3) is 5.78 Å². The lowest BCUT2D eigenvalue weighted by molar-refractivity contribution is -0.132. The highest BCUT2D eigenvalue weighted by atomic mass is 35.5. The molecule has 8 heteroatoms. The quantitative estimate of drug-likeness (QED) is 0.214. The number of aliphatic hydroxyl groups excluding tert-OH is 1. The highest BCUT2D eigenvalue weighted by Crippen LogP contribution is 2.45. The fraction of sp³-hybridized carbons (Fsp3) is 0.148. The Kier molecular flexibility index (Phi) is 5.12. The van der Waals surface area contributed by atoms with Crippen LogP contribution in [0.5, 0.6) is 5.75 Å². The van der Waals surface area contributed by atoms with E-state index in [0.717, 1.165) is 16.0 Å². The number of anilines is 1.